The number of pyridine rings is 1. The lowest BCUT2D eigenvalue weighted by molar-refractivity contribution is -0.139. The van der Waals surface area contributed by atoms with Gasteiger partial charge < -0.3 is 4.74 Å². The van der Waals surface area contributed by atoms with Crippen molar-refractivity contribution < 1.29 is 17.9 Å². The van der Waals surface area contributed by atoms with Crippen LogP contribution in [0.25, 0.3) is 0 Å². The molecule has 0 aliphatic heterocycles. The van der Waals surface area contributed by atoms with E-state index in [0.717, 1.165) is 11.6 Å². The molecule has 0 spiro atoms. The van der Waals surface area contributed by atoms with Crippen molar-refractivity contribution in [3.63, 3.8) is 0 Å². The van der Waals surface area contributed by atoms with Gasteiger partial charge in [-0.2, -0.15) is 13.2 Å². The summed E-state index contributed by atoms with van der Waals surface area (Å²) in [5.41, 5.74) is 0.493. The molecule has 0 amide bonds. The van der Waals surface area contributed by atoms with Crippen molar-refractivity contribution in [2.75, 3.05) is 0 Å². The fourth-order valence-corrected chi connectivity index (χ4v) is 2.87. The number of aromatic nitrogens is 1. The van der Waals surface area contributed by atoms with E-state index in [1.807, 2.05) is 30.3 Å². The lowest BCUT2D eigenvalue weighted by atomic mass is 9.97. The van der Waals surface area contributed by atoms with Crippen molar-refractivity contribution >= 4 is 11.6 Å². The van der Waals surface area contributed by atoms with Crippen LogP contribution in [0, 0.1) is 0 Å². The van der Waals surface area contributed by atoms with E-state index < -0.39 is 17.8 Å². The Morgan fingerprint density at radius 3 is 2.31 bits per heavy atom. The molecule has 1 atom stereocenters. The Balaban J connectivity index is 2.03. The van der Waals surface area contributed by atoms with Crippen LogP contribution in [0.5, 0.6) is 0 Å². The maximum Gasteiger partial charge on any atom is 0.416 e. The first-order chi connectivity index (χ1) is 12.5. The lowest BCUT2D eigenvalue weighted by Crippen LogP contribution is -2.15. The SMILES string of the molecule is FC(F)(F)c1ccccc1C(OCc1ccccc1)c1cnccc1Cl. The average molecular weight is 378 g/mol. The second-order valence-electron chi connectivity index (χ2n) is 5.66. The van der Waals surface area contributed by atoms with Gasteiger partial charge in [-0.15, -0.1) is 0 Å². The zero-order valence-corrected chi connectivity index (χ0v) is 14.3. The van der Waals surface area contributed by atoms with E-state index in [2.05, 4.69) is 4.98 Å². The van der Waals surface area contributed by atoms with Crippen LogP contribution in [-0.4, -0.2) is 4.98 Å². The summed E-state index contributed by atoms with van der Waals surface area (Å²) in [5.74, 6) is 0. The Bertz CT molecular complexity index is 868. The summed E-state index contributed by atoms with van der Waals surface area (Å²) in [5, 5.41) is 0.301. The summed E-state index contributed by atoms with van der Waals surface area (Å²) in [6, 6.07) is 16.1. The number of nitrogens with zero attached hydrogens (tertiary/aromatic N) is 1. The fourth-order valence-electron chi connectivity index (χ4n) is 2.67. The highest BCUT2D eigenvalue weighted by Crippen LogP contribution is 2.39. The van der Waals surface area contributed by atoms with E-state index in [1.54, 1.807) is 6.07 Å². The largest absolute Gasteiger partial charge is 0.416 e. The third-order valence-corrected chi connectivity index (χ3v) is 4.23. The molecular weight excluding hydrogens is 363 g/mol. The molecule has 0 radical (unpaired) electrons. The van der Waals surface area contributed by atoms with Crippen LogP contribution >= 0.6 is 11.6 Å². The molecule has 1 heterocycles. The maximum absolute atomic E-state index is 13.5. The molecule has 0 saturated carbocycles. The first-order valence-electron chi connectivity index (χ1n) is 7.88. The van der Waals surface area contributed by atoms with E-state index in [-0.39, 0.29) is 12.2 Å². The molecule has 0 bridgehead atoms. The number of halogens is 4. The Kier molecular flexibility index (Phi) is 5.59. The highest BCUT2D eigenvalue weighted by atomic mass is 35.5. The van der Waals surface area contributed by atoms with Gasteiger partial charge in [-0.1, -0.05) is 60.1 Å². The Labute approximate surface area is 154 Å². The van der Waals surface area contributed by atoms with E-state index >= 15 is 0 Å². The topological polar surface area (TPSA) is 22.1 Å². The average Bonchev–Trinajstić information content (AvgIpc) is 2.64. The maximum atomic E-state index is 13.5. The number of ether oxygens (including phenoxy) is 1. The molecule has 1 aromatic heterocycles. The zero-order valence-electron chi connectivity index (χ0n) is 13.6. The summed E-state index contributed by atoms with van der Waals surface area (Å²) in [7, 11) is 0. The van der Waals surface area contributed by atoms with Crippen molar-refractivity contribution in [3.05, 3.63) is 100 Å². The summed E-state index contributed by atoms with van der Waals surface area (Å²) in [6.45, 7) is 0.142. The number of hydrogen-bond donors (Lipinski definition) is 0. The Hall–Kier alpha value is -2.37. The van der Waals surface area contributed by atoms with Crippen molar-refractivity contribution in [2.24, 2.45) is 0 Å². The van der Waals surface area contributed by atoms with Crippen LogP contribution < -0.4 is 0 Å². The molecule has 3 rings (SSSR count). The normalized spacial score (nSPS) is 12.8. The number of hydrogen-bond acceptors (Lipinski definition) is 2. The van der Waals surface area contributed by atoms with E-state index in [0.29, 0.717) is 10.6 Å². The Morgan fingerprint density at radius 2 is 1.62 bits per heavy atom. The van der Waals surface area contributed by atoms with Gasteiger partial charge in [0.15, 0.2) is 0 Å². The van der Waals surface area contributed by atoms with Crippen LogP contribution in [-0.2, 0) is 17.5 Å². The van der Waals surface area contributed by atoms with Crippen molar-refractivity contribution in [2.45, 2.75) is 18.9 Å². The number of benzene rings is 2. The van der Waals surface area contributed by atoms with Gasteiger partial charge in [-0.05, 0) is 23.3 Å². The second-order valence-corrected chi connectivity index (χ2v) is 6.07. The summed E-state index contributed by atoms with van der Waals surface area (Å²) >= 11 is 6.22. The molecular formula is C20H15ClF3NO. The van der Waals surface area contributed by atoms with Crippen LogP contribution in [0.3, 0.4) is 0 Å². The molecule has 3 aromatic rings. The minimum Gasteiger partial charge on any atom is -0.364 e. The molecule has 0 aliphatic rings. The monoisotopic (exact) mass is 377 g/mol. The van der Waals surface area contributed by atoms with Gasteiger partial charge in [0.05, 0.1) is 12.2 Å². The van der Waals surface area contributed by atoms with Gasteiger partial charge in [0.2, 0.25) is 0 Å². The smallest absolute Gasteiger partial charge is 0.364 e. The minimum atomic E-state index is -4.50. The van der Waals surface area contributed by atoms with Gasteiger partial charge in [0.1, 0.15) is 6.10 Å². The van der Waals surface area contributed by atoms with Crippen molar-refractivity contribution in [3.8, 4) is 0 Å². The summed E-state index contributed by atoms with van der Waals surface area (Å²) in [4.78, 5) is 3.99. The van der Waals surface area contributed by atoms with E-state index in [4.69, 9.17) is 16.3 Å². The van der Waals surface area contributed by atoms with Gasteiger partial charge in [-0.3, -0.25) is 4.98 Å². The molecule has 2 aromatic carbocycles. The van der Waals surface area contributed by atoms with Crippen molar-refractivity contribution in [1.29, 1.82) is 0 Å². The third kappa shape index (κ3) is 4.23. The first kappa shape index (κ1) is 18.4. The summed E-state index contributed by atoms with van der Waals surface area (Å²) in [6.07, 6.45) is -2.57. The number of rotatable bonds is 5. The molecule has 1 unspecified atom stereocenters. The molecule has 2 nitrogen and oxygen atoms in total. The van der Waals surface area contributed by atoms with E-state index in [1.165, 1.54) is 30.6 Å². The number of alkyl halides is 3. The quantitative estimate of drug-likeness (QED) is 0.539. The fraction of sp³-hybridized carbons (Fsp3) is 0.150. The molecule has 6 heteroatoms. The van der Waals surface area contributed by atoms with Gasteiger partial charge in [-0.25, -0.2) is 0 Å². The minimum absolute atomic E-state index is 0.00540. The van der Waals surface area contributed by atoms with Crippen LogP contribution in [0.2, 0.25) is 5.02 Å². The van der Waals surface area contributed by atoms with Gasteiger partial charge >= 0.3 is 6.18 Å². The standard InChI is InChI=1S/C20H15ClF3NO/c21-18-10-11-25-12-16(18)19(26-13-14-6-2-1-3-7-14)15-8-4-5-9-17(15)20(22,23)24/h1-12,19H,13H2. The third-order valence-electron chi connectivity index (χ3n) is 3.89. The van der Waals surface area contributed by atoms with Crippen LogP contribution in [0.4, 0.5) is 13.2 Å². The van der Waals surface area contributed by atoms with Crippen LogP contribution in [0.1, 0.15) is 28.4 Å². The Morgan fingerprint density at radius 1 is 0.923 bits per heavy atom. The molecule has 134 valence electrons. The predicted octanol–water partition coefficient (Wildman–Crippen LogP) is 6.06. The first-order valence-corrected chi connectivity index (χ1v) is 8.25. The van der Waals surface area contributed by atoms with Gasteiger partial charge in [0, 0.05) is 23.0 Å². The molecule has 0 fully saturated rings. The second kappa shape index (κ2) is 7.89. The van der Waals surface area contributed by atoms with Gasteiger partial charge in [0.25, 0.3) is 0 Å². The van der Waals surface area contributed by atoms with Crippen LogP contribution in [0.15, 0.2) is 73.1 Å². The van der Waals surface area contributed by atoms with E-state index in [9.17, 15) is 13.2 Å². The highest BCUT2D eigenvalue weighted by molar-refractivity contribution is 6.31. The molecule has 0 N–H and O–H groups in total. The lowest BCUT2D eigenvalue weighted by Gasteiger charge is -2.23. The molecule has 0 saturated heterocycles. The zero-order chi connectivity index (χ0) is 18.6. The van der Waals surface area contributed by atoms with Crippen molar-refractivity contribution in [1.82, 2.24) is 4.98 Å². The molecule has 0 aliphatic carbocycles. The molecule has 26 heavy (non-hydrogen) atoms. The predicted molar refractivity (Wildman–Crippen MR) is 93.8 cm³/mol. The highest BCUT2D eigenvalue weighted by Gasteiger charge is 2.36. The summed E-state index contributed by atoms with van der Waals surface area (Å²) < 4.78 is 46.3.